The Morgan fingerprint density at radius 2 is 2.19 bits per heavy atom. The first-order chi connectivity index (χ1) is 7.26. The van der Waals surface area contributed by atoms with E-state index in [1.807, 2.05) is 0 Å². The molecule has 16 heavy (non-hydrogen) atoms. The third kappa shape index (κ3) is 7.77. The van der Waals surface area contributed by atoms with E-state index in [0.717, 1.165) is 0 Å². The summed E-state index contributed by atoms with van der Waals surface area (Å²) >= 11 is 1.47. The van der Waals surface area contributed by atoms with E-state index < -0.39 is 21.7 Å². The first-order valence-corrected chi connectivity index (χ1v) is 5.48. The van der Waals surface area contributed by atoms with Crippen LogP contribution in [-0.4, -0.2) is 47.1 Å². The molecule has 0 saturated carbocycles. The van der Waals surface area contributed by atoms with Gasteiger partial charge in [0.25, 0.3) is 0 Å². The van der Waals surface area contributed by atoms with Crippen molar-refractivity contribution in [3.63, 3.8) is 0 Å². The summed E-state index contributed by atoms with van der Waals surface area (Å²) in [7, 11) is 1.32. The number of alkyl halides is 2. The topological polar surface area (TPSA) is 87.7 Å². The van der Waals surface area contributed by atoms with Gasteiger partial charge in [-0.25, -0.2) is 9.18 Å². The van der Waals surface area contributed by atoms with Crippen LogP contribution >= 0.6 is 22.6 Å². The van der Waals surface area contributed by atoms with Crippen LogP contribution in [0, 0.1) is 0 Å². The molecule has 8 heteroatoms. The van der Waals surface area contributed by atoms with E-state index in [0.29, 0.717) is 0 Å². The van der Waals surface area contributed by atoms with Gasteiger partial charge in [0.1, 0.15) is 0 Å². The lowest BCUT2D eigenvalue weighted by Crippen LogP contribution is -2.48. The molecule has 0 bridgehead atoms. The second kappa shape index (κ2) is 6.97. The van der Waals surface area contributed by atoms with E-state index in [1.165, 1.54) is 36.6 Å². The highest BCUT2D eigenvalue weighted by atomic mass is 127. The fourth-order valence-electron chi connectivity index (χ4n) is 0.822. The molecule has 0 spiro atoms. The molecule has 0 heterocycles. The number of hydrogen-bond acceptors (Lipinski definition) is 4. The number of halogens is 2. The predicted molar refractivity (Wildman–Crippen MR) is 63.0 cm³/mol. The van der Waals surface area contributed by atoms with Crippen LogP contribution in [0.2, 0.25) is 0 Å². The average Bonchev–Trinajstić information content (AvgIpc) is 2.13. The van der Waals surface area contributed by atoms with E-state index in [1.54, 1.807) is 0 Å². The highest BCUT2D eigenvalue weighted by Gasteiger charge is 2.22. The van der Waals surface area contributed by atoms with Crippen molar-refractivity contribution in [2.75, 3.05) is 20.3 Å². The zero-order valence-electron chi connectivity index (χ0n) is 8.92. The third-order valence-electron chi connectivity index (χ3n) is 1.53. The molecule has 0 saturated heterocycles. The first kappa shape index (κ1) is 15.5. The van der Waals surface area contributed by atoms with E-state index >= 15 is 0 Å². The van der Waals surface area contributed by atoms with Gasteiger partial charge in [0.2, 0.25) is 9.71 Å². The van der Waals surface area contributed by atoms with Crippen LogP contribution in [-0.2, 0) is 14.3 Å². The number of nitrogens with one attached hydrogen (secondary N) is 2. The van der Waals surface area contributed by atoms with Crippen LogP contribution < -0.4 is 10.6 Å². The Bertz CT molecular complexity index is 257. The Labute approximate surface area is 106 Å². The number of methoxy groups -OCH3 is 1. The van der Waals surface area contributed by atoms with Crippen LogP contribution in [0.15, 0.2) is 0 Å². The second-order valence-electron chi connectivity index (χ2n) is 3.16. The molecule has 3 N–H and O–H groups in total. The maximum absolute atomic E-state index is 12.9. The number of carboxylic acid groups (broad SMARTS) is 1. The number of aliphatic carboxylic acids is 1. The minimum absolute atomic E-state index is 0.141. The Kier molecular flexibility index (Phi) is 6.76. The third-order valence-corrected chi connectivity index (χ3v) is 1.91. The Hall–Kier alpha value is -0.480. The maximum Gasteiger partial charge on any atom is 0.328 e. The summed E-state index contributed by atoms with van der Waals surface area (Å²) in [4.78, 5) is 21.9. The van der Waals surface area contributed by atoms with Crippen molar-refractivity contribution in [1.29, 1.82) is 0 Å². The van der Waals surface area contributed by atoms with Crippen molar-refractivity contribution < 1.29 is 23.8 Å². The number of carboxylic acids is 1. The molecule has 6 nitrogen and oxygen atoms in total. The Morgan fingerprint density at radius 1 is 1.62 bits per heavy atom. The molecular weight excluding hydrogens is 334 g/mol. The maximum atomic E-state index is 12.9. The highest BCUT2D eigenvalue weighted by Crippen LogP contribution is 2.13. The van der Waals surface area contributed by atoms with Gasteiger partial charge in [-0.05, 0) is 29.5 Å². The molecule has 0 aromatic rings. The monoisotopic (exact) mass is 348 g/mol. The minimum atomic E-state index is -1.71. The minimum Gasteiger partial charge on any atom is -0.480 e. The summed E-state index contributed by atoms with van der Waals surface area (Å²) in [6, 6.07) is -1.13. The van der Waals surface area contributed by atoms with Gasteiger partial charge in [0.05, 0.1) is 13.2 Å². The highest BCUT2D eigenvalue weighted by molar-refractivity contribution is 14.1. The number of rotatable bonds is 7. The largest absolute Gasteiger partial charge is 0.480 e. The lowest BCUT2D eigenvalue weighted by Gasteiger charge is -2.16. The zero-order valence-corrected chi connectivity index (χ0v) is 11.1. The molecule has 0 aliphatic rings. The molecule has 0 aliphatic heterocycles. The number of ether oxygens (including phenoxy) is 1. The quantitative estimate of drug-likeness (QED) is 0.339. The van der Waals surface area contributed by atoms with Gasteiger partial charge in [-0.15, -0.1) is 0 Å². The van der Waals surface area contributed by atoms with Gasteiger partial charge in [-0.2, -0.15) is 0 Å². The van der Waals surface area contributed by atoms with Gasteiger partial charge in [0.15, 0.2) is 6.04 Å². The smallest absolute Gasteiger partial charge is 0.328 e. The first-order valence-electron chi connectivity index (χ1n) is 4.40. The van der Waals surface area contributed by atoms with E-state index in [2.05, 4.69) is 15.4 Å². The van der Waals surface area contributed by atoms with Crippen molar-refractivity contribution >= 4 is 34.5 Å². The Balaban J connectivity index is 4.05. The molecule has 0 fully saturated rings. The van der Waals surface area contributed by atoms with Crippen molar-refractivity contribution in [1.82, 2.24) is 10.6 Å². The average molecular weight is 348 g/mol. The fourth-order valence-corrected chi connectivity index (χ4v) is 1.01. The van der Waals surface area contributed by atoms with Crippen molar-refractivity contribution in [2.45, 2.75) is 16.8 Å². The predicted octanol–water partition coefficient (Wildman–Crippen LogP) is -0.130. The second-order valence-corrected chi connectivity index (χ2v) is 5.18. The van der Waals surface area contributed by atoms with Crippen molar-refractivity contribution in [3.8, 4) is 0 Å². The number of amides is 1. The number of hydrogen-bond donors (Lipinski definition) is 3. The van der Waals surface area contributed by atoms with Gasteiger partial charge >= 0.3 is 5.97 Å². The summed E-state index contributed by atoms with van der Waals surface area (Å²) in [6.07, 6.45) is 0. The molecule has 94 valence electrons. The van der Waals surface area contributed by atoms with Crippen molar-refractivity contribution in [3.05, 3.63) is 0 Å². The molecule has 0 aromatic heterocycles. The normalized spacial score (nSPS) is 16.2. The van der Waals surface area contributed by atoms with Gasteiger partial charge < -0.3 is 15.2 Å². The molecule has 1 amide bonds. The van der Waals surface area contributed by atoms with Crippen LogP contribution in [0.1, 0.15) is 6.92 Å². The van der Waals surface area contributed by atoms with E-state index in [9.17, 15) is 14.0 Å². The van der Waals surface area contributed by atoms with Crippen LogP contribution in [0.25, 0.3) is 0 Å². The van der Waals surface area contributed by atoms with Gasteiger partial charge in [-0.3, -0.25) is 10.1 Å². The van der Waals surface area contributed by atoms with Crippen LogP contribution in [0.3, 0.4) is 0 Å². The zero-order chi connectivity index (χ0) is 12.8. The standard InChI is InChI=1S/C8H14FIN2O4/c1-8(9,10)11-3-6(13)12-5(4-16-2)7(14)15/h5,11H,3-4H2,1-2H3,(H,12,13)(H,14,15). The summed E-state index contributed by atoms with van der Waals surface area (Å²) in [5.74, 6) is -1.81. The Morgan fingerprint density at radius 3 is 2.56 bits per heavy atom. The molecule has 0 rings (SSSR count). The summed E-state index contributed by atoms with van der Waals surface area (Å²) in [6.45, 7) is 0.798. The fraction of sp³-hybridized carbons (Fsp3) is 0.750. The molecule has 0 radical (unpaired) electrons. The summed E-state index contributed by atoms with van der Waals surface area (Å²) < 4.78 is 15.9. The molecule has 0 aromatic carbocycles. The van der Waals surface area contributed by atoms with E-state index in [4.69, 9.17) is 5.11 Å². The lowest BCUT2D eigenvalue weighted by molar-refractivity contribution is -0.143. The lowest BCUT2D eigenvalue weighted by atomic mass is 10.3. The van der Waals surface area contributed by atoms with Gasteiger partial charge in [0, 0.05) is 7.11 Å². The van der Waals surface area contributed by atoms with Crippen LogP contribution in [0.5, 0.6) is 0 Å². The summed E-state index contributed by atoms with van der Waals surface area (Å²) in [5, 5.41) is 13.2. The summed E-state index contributed by atoms with van der Waals surface area (Å²) in [5.41, 5.74) is 0. The van der Waals surface area contributed by atoms with E-state index in [-0.39, 0.29) is 13.2 Å². The van der Waals surface area contributed by atoms with Crippen molar-refractivity contribution in [2.24, 2.45) is 0 Å². The van der Waals surface area contributed by atoms with Gasteiger partial charge in [-0.1, -0.05) is 0 Å². The number of carbonyl (C=O) groups is 2. The molecular formula is C8H14FIN2O4. The molecule has 0 aliphatic carbocycles. The molecule has 2 unspecified atom stereocenters. The molecule has 2 atom stereocenters. The number of carbonyl (C=O) groups excluding carboxylic acids is 1. The SMILES string of the molecule is COCC(NC(=O)CNC(C)(F)I)C(=O)O. The van der Waals surface area contributed by atoms with Crippen LogP contribution in [0.4, 0.5) is 4.39 Å².